The summed E-state index contributed by atoms with van der Waals surface area (Å²) in [6.07, 6.45) is -0.0998. The molecule has 6 fully saturated rings. The Morgan fingerprint density at radius 1 is 0.962 bits per heavy atom. The Morgan fingerprint density at radius 3 is 2.48 bits per heavy atom. The Hall–Kier alpha value is -1.62. The molecule has 6 heterocycles. The predicted octanol–water partition coefficient (Wildman–Crippen LogP) is 2.13. The van der Waals surface area contributed by atoms with Crippen molar-refractivity contribution in [1.82, 2.24) is 0 Å². The lowest BCUT2D eigenvalue weighted by molar-refractivity contribution is -0.244. The highest BCUT2D eigenvalue weighted by atomic mass is 16.6. The van der Waals surface area contributed by atoms with Gasteiger partial charge in [-0.2, -0.15) is 0 Å². The van der Waals surface area contributed by atoms with E-state index in [1.165, 1.54) is 0 Å². The zero-order valence-corrected chi connectivity index (χ0v) is 30.7. The van der Waals surface area contributed by atoms with Crippen LogP contribution in [0.1, 0.15) is 84.0 Å². The Labute approximate surface area is 306 Å². The van der Waals surface area contributed by atoms with E-state index in [9.17, 15) is 30.0 Å². The minimum absolute atomic E-state index is 0.0294. The van der Waals surface area contributed by atoms with E-state index >= 15 is 0 Å². The van der Waals surface area contributed by atoms with Crippen molar-refractivity contribution in [3.63, 3.8) is 0 Å². The summed E-state index contributed by atoms with van der Waals surface area (Å²) in [5.74, 6) is -0.00970. The van der Waals surface area contributed by atoms with Gasteiger partial charge in [-0.25, -0.2) is 0 Å². The fraction of sp³-hybridized carbons (Fsp3) is 0.846. The Bertz CT molecular complexity index is 1240. The second-order valence-corrected chi connectivity index (χ2v) is 16.0. The number of ketones is 1. The molecule has 6 saturated heterocycles. The molecular weight excluding hydrogens is 676 g/mol. The first-order valence-electron chi connectivity index (χ1n) is 19.4. The van der Waals surface area contributed by atoms with Crippen LogP contribution in [0.15, 0.2) is 24.3 Å². The van der Waals surface area contributed by atoms with Crippen LogP contribution in [0.2, 0.25) is 0 Å². The quantitative estimate of drug-likeness (QED) is 0.134. The molecule has 0 saturated carbocycles. The minimum Gasteiger partial charge on any atom is -0.394 e. The predicted molar refractivity (Wildman–Crippen MR) is 186 cm³/mol. The van der Waals surface area contributed by atoms with Crippen LogP contribution in [0.25, 0.3) is 0 Å². The molecule has 0 bridgehead atoms. The van der Waals surface area contributed by atoms with Crippen molar-refractivity contribution in [1.29, 1.82) is 0 Å². The molecule has 10 unspecified atom stereocenters. The van der Waals surface area contributed by atoms with E-state index in [1.54, 1.807) is 7.11 Å². The third kappa shape index (κ3) is 8.91. The Kier molecular flexibility index (Phi) is 13.8. The molecule has 0 aromatic rings. The van der Waals surface area contributed by atoms with Gasteiger partial charge < -0.3 is 58.4 Å². The van der Waals surface area contributed by atoms with Crippen molar-refractivity contribution in [2.45, 2.75) is 176 Å². The molecule has 4 N–H and O–H groups in total. The molecular formula is C39H60O13. The zero-order chi connectivity index (χ0) is 37.1. The minimum atomic E-state index is -0.992. The number of aliphatic hydroxyl groups is 4. The van der Waals surface area contributed by atoms with Crippen LogP contribution in [0.3, 0.4) is 0 Å². The molecule has 6 aliphatic rings. The zero-order valence-electron chi connectivity index (χ0n) is 30.7. The van der Waals surface area contributed by atoms with E-state index in [-0.39, 0.29) is 92.6 Å². The summed E-state index contributed by atoms with van der Waals surface area (Å²) in [5, 5.41) is 41.2. The van der Waals surface area contributed by atoms with Gasteiger partial charge >= 0.3 is 0 Å². The van der Waals surface area contributed by atoms with Gasteiger partial charge in [0.05, 0.1) is 67.6 Å². The van der Waals surface area contributed by atoms with E-state index in [2.05, 4.69) is 20.1 Å². The van der Waals surface area contributed by atoms with Crippen molar-refractivity contribution in [3.8, 4) is 0 Å². The molecule has 52 heavy (non-hydrogen) atoms. The highest BCUT2D eigenvalue weighted by molar-refractivity contribution is 5.79. The number of methoxy groups -OCH3 is 1. The average molecular weight is 737 g/mol. The van der Waals surface area contributed by atoms with Crippen LogP contribution < -0.4 is 0 Å². The summed E-state index contributed by atoms with van der Waals surface area (Å²) in [6.45, 7) is 11.0. The summed E-state index contributed by atoms with van der Waals surface area (Å²) >= 11 is 0. The fourth-order valence-electron chi connectivity index (χ4n) is 9.44. The number of aliphatic hydroxyl groups excluding tert-OH is 4. The van der Waals surface area contributed by atoms with Crippen LogP contribution >= 0.6 is 0 Å². The van der Waals surface area contributed by atoms with Crippen molar-refractivity contribution in [2.75, 3.05) is 20.3 Å². The number of aldehydes is 1. The molecule has 13 heteroatoms. The molecule has 6 rings (SSSR count). The van der Waals surface area contributed by atoms with E-state index in [1.807, 2.05) is 0 Å². The van der Waals surface area contributed by atoms with Gasteiger partial charge in [0, 0.05) is 51.7 Å². The first-order chi connectivity index (χ1) is 25.0. The highest BCUT2D eigenvalue weighted by Crippen LogP contribution is 2.42. The maximum Gasteiger partial charge on any atom is 0.135 e. The average Bonchev–Trinajstić information content (AvgIpc) is 3.76. The SMILES string of the molecule is C=C1CC(CCC(=O)CC2OC3C(OC4CCCO[C@@H]4C3O)C2O)O[C@H]1CC[C@H]1C[C@@H](C)C(=C)[C@@H](C[C@@H]2OC(CC(O)CO)[C@H](OC)C2CC=O)O1. The third-order valence-electron chi connectivity index (χ3n) is 12.4. The van der Waals surface area contributed by atoms with Crippen LogP contribution in [0.4, 0.5) is 0 Å². The number of carbonyl (C=O) groups is 2. The number of hydrogen-bond acceptors (Lipinski definition) is 13. The normalized spacial score (nSPS) is 44.0. The summed E-state index contributed by atoms with van der Waals surface area (Å²) in [6, 6.07) is 0. The number of carbonyl (C=O) groups excluding carboxylic acids is 2. The second-order valence-electron chi connectivity index (χ2n) is 16.0. The lowest BCUT2D eigenvalue weighted by Crippen LogP contribution is -2.60. The molecule has 17 atom stereocenters. The lowest BCUT2D eigenvalue weighted by Gasteiger charge is -2.44. The van der Waals surface area contributed by atoms with Gasteiger partial charge in [-0.15, -0.1) is 0 Å². The number of Topliss-reactive ketones (excluding diaryl/α,β-unsaturated/α-hetero) is 1. The lowest BCUT2D eigenvalue weighted by atomic mass is 9.82. The molecule has 0 amide bonds. The highest BCUT2D eigenvalue weighted by Gasteiger charge is 2.56. The van der Waals surface area contributed by atoms with E-state index < -0.39 is 48.8 Å². The Morgan fingerprint density at radius 2 is 1.73 bits per heavy atom. The number of fused-ring (bicyclic) bond motifs is 2. The van der Waals surface area contributed by atoms with Crippen molar-refractivity contribution >= 4 is 12.1 Å². The first kappa shape index (κ1) is 40.1. The monoisotopic (exact) mass is 736 g/mol. The molecule has 6 aliphatic heterocycles. The molecule has 0 aliphatic carbocycles. The van der Waals surface area contributed by atoms with Crippen LogP contribution in [0.5, 0.6) is 0 Å². The second kappa shape index (κ2) is 17.9. The molecule has 294 valence electrons. The van der Waals surface area contributed by atoms with Crippen LogP contribution in [0, 0.1) is 11.8 Å². The van der Waals surface area contributed by atoms with Gasteiger partial charge in [0.1, 0.15) is 42.6 Å². The summed E-state index contributed by atoms with van der Waals surface area (Å²) < 4.78 is 42.8. The van der Waals surface area contributed by atoms with Gasteiger partial charge in [0.2, 0.25) is 0 Å². The van der Waals surface area contributed by atoms with Gasteiger partial charge in [0.25, 0.3) is 0 Å². The number of ether oxygens (including phenoxy) is 7. The molecule has 0 spiro atoms. The summed E-state index contributed by atoms with van der Waals surface area (Å²) in [5.41, 5.74) is 2.00. The number of rotatable bonds is 16. The van der Waals surface area contributed by atoms with E-state index in [0.717, 1.165) is 49.5 Å². The maximum absolute atomic E-state index is 13.0. The standard InChI is InChI=1S/C39H60O13/c1-20-14-26(49-30(22(20)3)18-31-27(11-12-40)36(46-4)33(50-31)17-24(43)19-41)9-10-28-21(2)15-25(48-28)8-7-23(42)16-32-34(44)38-39(52-32)35(45)37-29(51-38)6-5-13-47-37/h12,20,24-39,41,43-45H,2-3,5-11,13-19H2,1,4H3/t20-,24?,25?,26+,27?,28+,29?,30-,31+,32?,33?,34?,35?,36-,37+,38?,39?/m1/s1. The molecule has 0 aromatic carbocycles. The first-order valence-corrected chi connectivity index (χ1v) is 19.4. The smallest absolute Gasteiger partial charge is 0.135 e. The molecule has 0 aromatic heterocycles. The van der Waals surface area contributed by atoms with Gasteiger partial charge in [-0.05, 0) is 62.0 Å². The molecule has 13 nitrogen and oxygen atoms in total. The van der Waals surface area contributed by atoms with Gasteiger partial charge in [-0.1, -0.05) is 20.1 Å². The summed E-state index contributed by atoms with van der Waals surface area (Å²) in [4.78, 5) is 24.6. The van der Waals surface area contributed by atoms with Crippen molar-refractivity contribution in [3.05, 3.63) is 24.3 Å². The third-order valence-corrected chi connectivity index (χ3v) is 12.4. The van der Waals surface area contributed by atoms with E-state index in [0.29, 0.717) is 25.9 Å². The molecule has 0 radical (unpaired) electrons. The van der Waals surface area contributed by atoms with Gasteiger partial charge in [-0.3, -0.25) is 4.79 Å². The number of hydrogen-bond donors (Lipinski definition) is 4. The maximum atomic E-state index is 13.0. The van der Waals surface area contributed by atoms with Crippen LogP contribution in [-0.4, -0.2) is 144 Å². The Balaban J connectivity index is 0.950. The van der Waals surface area contributed by atoms with Gasteiger partial charge in [0.15, 0.2) is 0 Å². The fourth-order valence-corrected chi connectivity index (χ4v) is 9.44. The van der Waals surface area contributed by atoms with Crippen LogP contribution in [-0.2, 0) is 42.7 Å². The van der Waals surface area contributed by atoms with E-state index in [4.69, 9.17) is 33.2 Å². The summed E-state index contributed by atoms with van der Waals surface area (Å²) in [7, 11) is 1.58. The topological polar surface area (TPSA) is 180 Å². The largest absolute Gasteiger partial charge is 0.394 e. The van der Waals surface area contributed by atoms with Crippen molar-refractivity contribution in [2.24, 2.45) is 11.8 Å². The van der Waals surface area contributed by atoms with Crippen molar-refractivity contribution < 1.29 is 63.2 Å².